The first-order valence-corrected chi connectivity index (χ1v) is 52.9. The first kappa shape index (κ1) is 120. The zero-order chi connectivity index (χ0) is 108. The van der Waals surface area contributed by atoms with Gasteiger partial charge in [0, 0.05) is 85.6 Å². The van der Waals surface area contributed by atoms with Gasteiger partial charge >= 0.3 is 0 Å². The molecular formula is C93H139N31O19S4. The number of rotatable bonds is 36. The topological polar surface area (TPSA) is 856 Å². The molecule has 50 nitrogen and oxygen atoms in total. The SMILES string of the molecule is CC[C@H](C)[C@@H]1NC(=O)CNC(=O)[C@H](CCCNC(=N)N)NC(=O)[C@H](Cc2ccc(O)cc2)NC(=O)[C@@H]2CSSC[C@H](NC1=O)C(=O)N[C@@H](Cc1ccc(O)cc1)C(=O)N[C@@H](CCCNC(=N)N)C(=O)N[C@@H](CCCCN)C(=O)N[C@H](C(=O)N[C@@H](CCCNC(=N)N)C(N)=O)CSSC[C@H](NC(=O)[C@@H](N)Cc1c[nH]c3ccccc13)C(=O)N[C@@H](Cc1ccc(O)cc1)C(=O)N[C@@H](CCCNC(=N)N)C(=O)N[C@@H](C(C)C)C(=O)N2. The highest BCUT2D eigenvalue weighted by atomic mass is 33.1. The molecule has 0 unspecified atom stereocenters. The number of phenols is 3. The number of phenolic OH excluding ortho intramolecular Hbond substituents is 3. The molecule has 16 amide bonds. The fourth-order valence-electron chi connectivity index (χ4n) is 15.3. The normalized spacial score (nSPS) is 22.4. The molecule has 16 atom stereocenters. The Bertz CT molecular complexity index is 5350. The Kier molecular flexibility index (Phi) is 50.4. The molecule has 1 aromatic heterocycles. The predicted octanol–water partition coefficient (Wildman–Crippen LogP) is -5.05. The van der Waals surface area contributed by atoms with Gasteiger partial charge in [0.2, 0.25) is 94.5 Å². The van der Waals surface area contributed by atoms with Crippen LogP contribution in [0.1, 0.15) is 127 Å². The minimum Gasteiger partial charge on any atom is -0.508 e. The van der Waals surface area contributed by atoms with Crippen molar-refractivity contribution in [3.63, 3.8) is 0 Å². The van der Waals surface area contributed by atoms with Crippen LogP contribution in [-0.2, 0) is 102 Å². The highest BCUT2D eigenvalue weighted by Crippen LogP contribution is 2.28. The van der Waals surface area contributed by atoms with Crippen molar-refractivity contribution in [2.75, 3.05) is 62.3 Å². The number of benzene rings is 4. The monoisotopic (exact) mass is 2120 g/mol. The number of unbranched alkanes of at least 4 members (excludes halogenated alkanes) is 1. The molecule has 147 heavy (non-hydrogen) atoms. The Hall–Kier alpha value is -14.3. The van der Waals surface area contributed by atoms with Gasteiger partial charge in [-0.3, -0.25) is 98.3 Å². The Labute approximate surface area is 865 Å². The van der Waals surface area contributed by atoms with E-state index in [1.54, 1.807) is 44.3 Å². The molecule has 0 saturated carbocycles. The molecule has 804 valence electrons. The average Bonchev–Trinajstić information content (AvgIpc) is 1.61. The molecule has 5 aromatic rings. The molecule has 7 rings (SSSR count). The standard InChI is InChI=1S/C93H139N31O19S4/c1-5-49(4)74-89(143)122-71-47-147-146-46-70(86(140)117-65(38-50-21-27-54(125)28-22-50)81(135)112-61(18-11-35-106-91(99)100)77(131)110-43-72(128)123-74)121-88(142)73(48(2)3)124-80(134)64(20-13-37-108-93(103)104)115-83(137)67(40-52-25-31-56(127)32-26-52)116-85(139)68(119-76(130)58(95)41-53-42-109-59-15-7-6-14-57(53)59)44-144-145-45-69(84(138)111-60(75(96)129)17-10-34-105-90(97)98)120-79(133)62(16-8-9-33-94)113-78(132)63(19-12-36-107-92(101)102)114-82(136)66(118-87(71)141)39-51-23-29-55(126)30-24-51/h6-7,14-15,21-32,42,48-49,58,60-71,73-74,109,125-127H,5,8-13,16-20,33-41,43-47,94-95H2,1-4H3,(H2,96,129)(H,110,131)(H,111,138)(H,112,135)(H,113,132)(H,114,136)(H,115,137)(H,116,139)(H,117,140)(H,118,141)(H,119,130)(H,120,133)(H,121,142)(H,122,143)(H,123,128)(H,124,134)(H4,97,98,105)(H4,99,100,106)(H4,101,102,107)(H4,103,104,108)/t49-,58-,60-,61-,62-,63-,64-,65-,66-,67-,68-,69-,70-,71-,73-,74-/m0/s1. The Morgan fingerprint density at radius 1 is 0.435 bits per heavy atom. The number of amides is 16. The van der Waals surface area contributed by atoms with Crippen molar-refractivity contribution in [2.24, 2.45) is 52.0 Å². The van der Waals surface area contributed by atoms with Gasteiger partial charge in [0.1, 0.15) is 102 Å². The maximum atomic E-state index is 15.7. The lowest BCUT2D eigenvalue weighted by molar-refractivity contribution is -0.136. The molecule has 0 radical (unpaired) electrons. The lowest BCUT2D eigenvalue weighted by atomic mass is 9.98. The number of aromatic hydroxyl groups is 3. The van der Waals surface area contributed by atoms with E-state index < -0.39 is 263 Å². The van der Waals surface area contributed by atoms with E-state index in [1.165, 1.54) is 86.6 Å². The molecule has 2 saturated heterocycles. The minimum atomic E-state index is -1.80. The number of aromatic nitrogens is 1. The van der Waals surface area contributed by atoms with Crippen molar-refractivity contribution in [2.45, 2.75) is 221 Å². The van der Waals surface area contributed by atoms with Crippen molar-refractivity contribution in [3.8, 4) is 17.2 Å². The number of guanidine groups is 4. The summed E-state index contributed by atoms with van der Waals surface area (Å²) in [6.07, 6.45) is -0.238. The average molecular weight is 2120 g/mol. The van der Waals surface area contributed by atoms with Crippen LogP contribution >= 0.6 is 43.2 Å². The molecule has 2 aliphatic heterocycles. The van der Waals surface area contributed by atoms with E-state index in [0.717, 1.165) is 48.6 Å². The number of nitrogens with two attached hydrogens (primary N) is 7. The molecule has 2 aliphatic rings. The second-order valence-electron chi connectivity index (χ2n) is 35.7. The van der Waals surface area contributed by atoms with Gasteiger partial charge in [-0.05, 0) is 160 Å². The van der Waals surface area contributed by atoms with Crippen LogP contribution in [0.15, 0.2) is 103 Å². The van der Waals surface area contributed by atoms with Crippen LogP contribution in [0, 0.1) is 33.5 Å². The van der Waals surface area contributed by atoms with Crippen LogP contribution in [0.2, 0.25) is 0 Å². The summed E-state index contributed by atoms with van der Waals surface area (Å²) < 4.78 is 0. The number of primary amides is 1. The smallest absolute Gasteiger partial charge is 0.244 e. The summed E-state index contributed by atoms with van der Waals surface area (Å²) in [7, 11) is 3.29. The van der Waals surface area contributed by atoms with E-state index in [9.17, 15) is 34.5 Å². The summed E-state index contributed by atoms with van der Waals surface area (Å²) in [6, 6.07) is -1.25. The van der Waals surface area contributed by atoms with E-state index in [4.69, 9.17) is 61.8 Å². The Morgan fingerprint density at radius 2 is 0.830 bits per heavy atom. The van der Waals surface area contributed by atoms with Crippen LogP contribution in [0.3, 0.4) is 0 Å². The van der Waals surface area contributed by atoms with Crippen molar-refractivity contribution in [1.29, 1.82) is 21.6 Å². The largest absolute Gasteiger partial charge is 0.508 e. The van der Waals surface area contributed by atoms with E-state index in [-0.39, 0.29) is 145 Å². The zero-order valence-electron chi connectivity index (χ0n) is 82.1. The van der Waals surface area contributed by atoms with Crippen LogP contribution < -0.4 is 141 Å². The summed E-state index contributed by atoms with van der Waals surface area (Å²) in [5.41, 5.74) is 43.4. The highest BCUT2D eigenvalue weighted by molar-refractivity contribution is 8.77. The second kappa shape index (κ2) is 61.9. The summed E-state index contributed by atoms with van der Waals surface area (Å²) in [5.74, 6) is -22.5. The third-order valence-corrected chi connectivity index (χ3v) is 28.5. The maximum Gasteiger partial charge on any atom is 0.244 e. The summed E-state index contributed by atoms with van der Waals surface area (Å²) in [4.78, 5) is 245. The lowest BCUT2D eigenvalue weighted by Crippen LogP contribution is -2.62. The van der Waals surface area contributed by atoms with Crippen molar-refractivity contribution >= 4 is 172 Å². The van der Waals surface area contributed by atoms with Gasteiger partial charge in [-0.15, -0.1) is 0 Å². The lowest BCUT2D eigenvalue weighted by Gasteiger charge is -2.30. The number of nitrogens with one attached hydrogen (secondary N) is 24. The van der Waals surface area contributed by atoms with E-state index in [0.29, 0.717) is 22.2 Å². The quantitative estimate of drug-likeness (QED) is 0.00772. The summed E-state index contributed by atoms with van der Waals surface area (Å²) in [6.45, 7) is 5.43. The van der Waals surface area contributed by atoms with Gasteiger partial charge in [0.25, 0.3) is 0 Å². The van der Waals surface area contributed by atoms with Crippen molar-refractivity contribution in [3.05, 3.63) is 126 Å². The molecule has 0 spiro atoms. The van der Waals surface area contributed by atoms with Gasteiger partial charge < -0.3 is 161 Å². The third kappa shape index (κ3) is 42.0. The number of fused-ring (bicyclic) bond motifs is 6. The molecule has 3 heterocycles. The summed E-state index contributed by atoms with van der Waals surface area (Å²) in [5, 5.41) is 114. The van der Waals surface area contributed by atoms with E-state index in [2.05, 4.69) is 106 Å². The molecule has 54 heteroatoms. The highest BCUT2D eigenvalue weighted by Gasteiger charge is 2.41. The number of hydrogen-bond acceptors (Lipinski definition) is 29. The molecule has 2 bridgehead atoms. The van der Waals surface area contributed by atoms with Crippen molar-refractivity contribution in [1.82, 2.24) is 106 Å². The fourth-order valence-corrected chi connectivity index (χ4v) is 19.9. The Balaban J connectivity index is 1.45. The second-order valence-corrected chi connectivity index (χ2v) is 40.8. The number of aromatic amines is 1. The molecule has 41 N–H and O–H groups in total. The third-order valence-electron chi connectivity index (χ3n) is 23.7. The number of H-pyrrole nitrogens is 1. The zero-order valence-corrected chi connectivity index (χ0v) is 85.3. The van der Waals surface area contributed by atoms with Crippen molar-refractivity contribution < 1.29 is 92.0 Å². The predicted molar refractivity (Wildman–Crippen MR) is 558 cm³/mol. The van der Waals surface area contributed by atoms with E-state index in [1.807, 2.05) is 0 Å². The number of carbonyl (C=O) groups excluding carboxylic acids is 16. The summed E-state index contributed by atoms with van der Waals surface area (Å²) >= 11 is 0. The number of hydrogen-bond donors (Lipinski definition) is 34. The van der Waals surface area contributed by atoms with E-state index >= 15 is 57.5 Å². The maximum absolute atomic E-state index is 15.7. The number of para-hydroxylation sites is 1. The Morgan fingerprint density at radius 3 is 1.27 bits per heavy atom. The van der Waals surface area contributed by atoms with Gasteiger partial charge in [-0.2, -0.15) is 0 Å². The van der Waals surface area contributed by atoms with Crippen LogP contribution in [0.5, 0.6) is 17.2 Å². The van der Waals surface area contributed by atoms with Crippen LogP contribution in [0.25, 0.3) is 10.9 Å². The van der Waals surface area contributed by atoms with Gasteiger partial charge in [0.15, 0.2) is 23.8 Å². The van der Waals surface area contributed by atoms with Gasteiger partial charge in [-0.1, -0.05) is 132 Å². The van der Waals surface area contributed by atoms with Gasteiger partial charge in [-0.25, -0.2) is 0 Å². The molecular weight excluding hydrogens is 1980 g/mol. The first-order chi connectivity index (χ1) is 70.0. The molecule has 4 aromatic carbocycles. The minimum absolute atomic E-state index is 0.0106. The van der Waals surface area contributed by atoms with Gasteiger partial charge in [0.05, 0.1) is 12.6 Å². The van der Waals surface area contributed by atoms with Crippen LogP contribution in [0.4, 0.5) is 0 Å². The molecule has 0 aliphatic carbocycles. The van der Waals surface area contributed by atoms with Crippen LogP contribution in [-0.4, -0.2) is 292 Å². The fraction of sp³-hybridized carbons (Fsp3) is 0.505. The first-order valence-electron chi connectivity index (χ1n) is 48.0. The molecule has 2 fully saturated rings. The number of carbonyl (C=O) groups is 16.